The fourth-order valence-electron chi connectivity index (χ4n) is 3.33. The summed E-state index contributed by atoms with van der Waals surface area (Å²) in [5.74, 6) is 1.34. The van der Waals surface area contributed by atoms with Crippen LogP contribution in [0.25, 0.3) is 22.3 Å². The van der Waals surface area contributed by atoms with Crippen LogP contribution < -0.4 is 10.1 Å². The molecule has 0 saturated carbocycles. The lowest BCUT2D eigenvalue weighted by atomic mass is 10.1. The molecule has 2 aromatic carbocycles. The van der Waals surface area contributed by atoms with Gasteiger partial charge in [-0.15, -0.1) is 0 Å². The van der Waals surface area contributed by atoms with Crippen molar-refractivity contribution in [2.45, 2.75) is 13.0 Å². The number of aryl methyl sites for hydroxylation is 1. The second kappa shape index (κ2) is 7.19. The molecule has 0 saturated heterocycles. The summed E-state index contributed by atoms with van der Waals surface area (Å²) in [6, 6.07) is 15.1. The van der Waals surface area contributed by atoms with E-state index >= 15 is 0 Å². The zero-order valence-corrected chi connectivity index (χ0v) is 15.9. The fraction of sp³-hybridized carbons (Fsp3) is 0.190. The van der Waals surface area contributed by atoms with Crippen LogP contribution in [0.3, 0.4) is 0 Å². The second-order valence-corrected chi connectivity index (χ2v) is 6.60. The Morgan fingerprint density at radius 2 is 1.93 bits per heavy atom. The van der Waals surface area contributed by atoms with Gasteiger partial charge in [-0.3, -0.25) is 9.89 Å². The highest BCUT2D eigenvalue weighted by Crippen LogP contribution is 2.25. The van der Waals surface area contributed by atoms with Crippen LogP contribution >= 0.6 is 0 Å². The van der Waals surface area contributed by atoms with Gasteiger partial charge < -0.3 is 14.6 Å². The Morgan fingerprint density at radius 3 is 2.64 bits per heavy atom. The van der Waals surface area contributed by atoms with Crippen molar-refractivity contribution in [2.75, 3.05) is 7.11 Å². The van der Waals surface area contributed by atoms with Crippen molar-refractivity contribution in [2.24, 2.45) is 7.05 Å². The lowest BCUT2D eigenvalue weighted by Crippen LogP contribution is -2.28. The quantitative estimate of drug-likeness (QED) is 0.559. The summed E-state index contributed by atoms with van der Waals surface area (Å²) in [5, 5.41) is 10.00. The number of fused-ring (bicyclic) bond motifs is 1. The molecule has 2 N–H and O–H groups in total. The average molecular weight is 375 g/mol. The number of nitrogens with zero attached hydrogens (tertiary/aromatic N) is 3. The minimum atomic E-state index is -0.261. The van der Waals surface area contributed by atoms with Gasteiger partial charge in [-0.05, 0) is 43.3 Å². The highest BCUT2D eigenvalue weighted by Gasteiger charge is 2.20. The van der Waals surface area contributed by atoms with Gasteiger partial charge in [0.25, 0.3) is 5.91 Å². The summed E-state index contributed by atoms with van der Waals surface area (Å²) in [6.07, 6.45) is 1.54. The number of hydrogen-bond acceptors (Lipinski definition) is 4. The van der Waals surface area contributed by atoms with E-state index in [1.807, 2.05) is 67.1 Å². The van der Waals surface area contributed by atoms with E-state index in [0.29, 0.717) is 11.3 Å². The number of aromatic amines is 1. The number of nitrogens with one attached hydrogen (secondary N) is 2. The minimum absolute atomic E-state index is 0.209. The van der Waals surface area contributed by atoms with Crippen molar-refractivity contribution < 1.29 is 9.53 Å². The SMILES string of the molecule is COc1ccc(-c2[nH]ncc2C(=O)NC(C)c2nc3ccccc3n2C)cc1. The summed E-state index contributed by atoms with van der Waals surface area (Å²) in [6.45, 7) is 1.92. The summed E-state index contributed by atoms with van der Waals surface area (Å²) in [5.41, 5.74) is 3.94. The molecule has 0 aliphatic rings. The molecular formula is C21H21N5O2. The molecule has 2 aromatic heterocycles. The van der Waals surface area contributed by atoms with E-state index in [4.69, 9.17) is 4.74 Å². The third kappa shape index (κ3) is 3.11. The Hall–Kier alpha value is -3.61. The molecule has 0 spiro atoms. The molecule has 2 heterocycles. The largest absolute Gasteiger partial charge is 0.497 e. The van der Waals surface area contributed by atoms with Gasteiger partial charge in [-0.25, -0.2) is 4.98 Å². The normalized spacial score (nSPS) is 12.1. The number of amides is 1. The van der Waals surface area contributed by atoms with Crippen molar-refractivity contribution in [3.63, 3.8) is 0 Å². The number of aromatic nitrogens is 4. The predicted octanol–water partition coefficient (Wildman–Crippen LogP) is 3.46. The van der Waals surface area contributed by atoms with Crippen LogP contribution in [0.5, 0.6) is 5.75 Å². The Morgan fingerprint density at radius 1 is 1.18 bits per heavy atom. The van der Waals surface area contributed by atoms with Crippen LogP contribution in [0.4, 0.5) is 0 Å². The molecule has 7 nitrogen and oxygen atoms in total. The molecule has 0 fully saturated rings. The molecule has 7 heteroatoms. The molecule has 0 bridgehead atoms. The number of benzene rings is 2. The highest BCUT2D eigenvalue weighted by atomic mass is 16.5. The molecule has 0 radical (unpaired) electrons. The molecule has 142 valence electrons. The maximum absolute atomic E-state index is 12.9. The number of rotatable bonds is 5. The zero-order valence-electron chi connectivity index (χ0n) is 15.9. The number of hydrogen-bond donors (Lipinski definition) is 2. The molecule has 28 heavy (non-hydrogen) atoms. The highest BCUT2D eigenvalue weighted by molar-refractivity contribution is 6.00. The smallest absolute Gasteiger partial charge is 0.255 e. The fourth-order valence-corrected chi connectivity index (χ4v) is 3.33. The van der Waals surface area contributed by atoms with E-state index in [1.165, 1.54) is 6.20 Å². The lowest BCUT2D eigenvalue weighted by molar-refractivity contribution is 0.0938. The predicted molar refractivity (Wildman–Crippen MR) is 107 cm³/mol. The number of H-pyrrole nitrogens is 1. The average Bonchev–Trinajstić information content (AvgIpc) is 3.33. The minimum Gasteiger partial charge on any atom is -0.497 e. The van der Waals surface area contributed by atoms with Gasteiger partial charge in [0, 0.05) is 12.6 Å². The Kier molecular flexibility index (Phi) is 4.57. The van der Waals surface area contributed by atoms with E-state index in [9.17, 15) is 4.79 Å². The van der Waals surface area contributed by atoms with Gasteiger partial charge in [0.2, 0.25) is 0 Å². The summed E-state index contributed by atoms with van der Waals surface area (Å²) in [7, 11) is 3.57. The maximum atomic E-state index is 12.9. The number of para-hydroxylation sites is 2. The first kappa shape index (κ1) is 17.8. The van der Waals surface area contributed by atoms with Gasteiger partial charge in [-0.2, -0.15) is 5.10 Å². The topological polar surface area (TPSA) is 84.8 Å². The zero-order chi connectivity index (χ0) is 19.7. The Balaban J connectivity index is 1.58. The number of ether oxygens (including phenoxy) is 1. The van der Waals surface area contributed by atoms with Gasteiger partial charge >= 0.3 is 0 Å². The molecule has 1 atom stereocenters. The van der Waals surface area contributed by atoms with Crippen molar-refractivity contribution in [1.29, 1.82) is 0 Å². The number of methoxy groups -OCH3 is 1. The van der Waals surface area contributed by atoms with Gasteiger partial charge in [0.1, 0.15) is 11.6 Å². The van der Waals surface area contributed by atoms with Crippen molar-refractivity contribution in [1.82, 2.24) is 25.1 Å². The van der Waals surface area contributed by atoms with Crippen molar-refractivity contribution >= 4 is 16.9 Å². The maximum Gasteiger partial charge on any atom is 0.255 e. The first-order valence-electron chi connectivity index (χ1n) is 8.98. The Bertz CT molecular complexity index is 1130. The standard InChI is InChI=1S/C21H21N5O2/c1-13(20-24-17-6-4-5-7-18(17)26(20)2)23-21(27)16-12-22-25-19(16)14-8-10-15(28-3)11-9-14/h4-13H,1-3H3,(H,22,25)(H,23,27). The van der Waals surface area contributed by atoms with Gasteiger partial charge in [0.05, 0.1) is 41.6 Å². The van der Waals surface area contributed by atoms with Crippen LogP contribution in [0.15, 0.2) is 54.7 Å². The van der Waals surface area contributed by atoms with Crippen molar-refractivity contribution in [3.05, 3.63) is 66.1 Å². The summed E-state index contributed by atoms with van der Waals surface area (Å²) < 4.78 is 7.19. The molecule has 0 aliphatic carbocycles. The van der Waals surface area contributed by atoms with Crippen LogP contribution in [0.1, 0.15) is 29.1 Å². The third-order valence-electron chi connectivity index (χ3n) is 4.82. The molecule has 4 rings (SSSR count). The molecule has 0 aliphatic heterocycles. The third-order valence-corrected chi connectivity index (χ3v) is 4.82. The van der Waals surface area contributed by atoms with E-state index < -0.39 is 0 Å². The lowest BCUT2D eigenvalue weighted by Gasteiger charge is -2.14. The van der Waals surface area contributed by atoms with E-state index in [-0.39, 0.29) is 11.9 Å². The monoisotopic (exact) mass is 375 g/mol. The van der Waals surface area contributed by atoms with E-state index in [0.717, 1.165) is 28.2 Å². The Labute approximate surface area is 162 Å². The molecule has 4 aromatic rings. The summed E-state index contributed by atoms with van der Waals surface area (Å²) >= 11 is 0. The van der Waals surface area contributed by atoms with E-state index in [1.54, 1.807) is 7.11 Å². The second-order valence-electron chi connectivity index (χ2n) is 6.60. The van der Waals surface area contributed by atoms with Gasteiger partial charge in [0.15, 0.2) is 0 Å². The molecule has 1 unspecified atom stereocenters. The number of imidazole rings is 1. The molecule has 1 amide bonds. The summed E-state index contributed by atoms with van der Waals surface area (Å²) in [4.78, 5) is 17.6. The van der Waals surface area contributed by atoms with Crippen LogP contribution in [-0.2, 0) is 7.05 Å². The van der Waals surface area contributed by atoms with Crippen LogP contribution in [0.2, 0.25) is 0 Å². The van der Waals surface area contributed by atoms with Crippen LogP contribution in [-0.4, -0.2) is 32.8 Å². The number of carbonyl (C=O) groups excluding carboxylic acids is 1. The first-order chi connectivity index (χ1) is 13.6. The van der Waals surface area contributed by atoms with Crippen LogP contribution in [0, 0.1) is 0 Å². The first-order valence-corrected chi connectivity index (χ1v) is 8.98. The van der Waals surface area contributed by atoms with E-state index in [2.05, 4.69) is 20.5 Å². The number of carbonyl (C=O) groups is 1. The van der Waals surface area contributed by atoms with Gasteiger partial charge in [-0.1, -0.05) is 12.1 Å². The molecular weight excluding hydrogens is 354 g/mol. The van der Waals surface area contributed by atoms with Crippen molar-refractivity contribution in [3.8, 4) is 17.0 Å².